The van der Waals surface area contributed by atoms with E-state index in [2.05, 4.69) is 4.99 Å². The van der Waals surface area contributed by atoms with Gasteiger partial charge in [-0.05, 0) is 39.5 Å². The molecule has 0 unspecified atom stereocenters. The Balaban J connectivity index is 2.08. The zero-order valence-electron chi connectivity index (χ0n) is 14.5. The van der Waals surface area contributed by atoms with Crippen LogP contribution in [-0.4, -0.2) is 47.6 Å². The summed E-state index contributed by atoms with van der Waals surface area (Å²) < 4.78 is 7.26. The number of nitrogens with zero attached hydrogens (tertiary/aromatic N) is 3. The van der Waals surface area contributed by atoms with Gasteiger partial charge in [0.2, 0.25) is 0 Å². The fourth-order valence-electron chi connectivity index (χ4n) is 2.76. The third-order valence-corrected chi connectivity index (χ3v) is 5.32. The third kappa shape index (κ3) is 4.02. The van der Waals surface area contributed by atoms with Gasteiger partial charge in [0.25, 0.3) is 0 Å². The Bertz CT molecular complexity index is 647. The number of aromatic nitrogens is 1. The van der Waals surface area contributed by atoms with Crippen molar-refractivity contribution in [3.63, 3.8) is 0 Å². The van der Waals surface area contributed by atoms with Gasteiger partial charge in [-0.1, -0.05) is 0 Å². The fourth-order valence-corrected chi connectivity index (χ4v) is 3.98. The molecule has 1 aliphatic heterocycles. The van der Waals surface area contributed by atoms with Crippen LogP contribution >= 0.6 is 11.3 Å². The van der Waals surface area contributed by atoms with Crippen LogP contribution in [0.2, 0.25) is 0 Å². The summed E-state index contributed by atoms with van der Waals surface area (Å²) in [7, 11) is 3.59. The van der Waals surface area contributed by atoms with Crippen molar-refractivity contribution in [1.82, 2.24) is 9.47 Å². The largest absolute Gasteiger partial charge is 0.444 e. The van der Waals surface area contributed by atoms with E-state index in [-0.39, 0.29) is 6.09 Å². The van der Waals surface area contributed by atoms with Gasteiger partial charge < -0.3 is 14.2 Å². The Kier molecular flexibility index (Phi) is 5.29. The first-order valence-corrected chi connectivity index (χ1v) is 8.64. The van der Waals surface area contributed by atoms with E-state index in [1.165, 1.54) is 0 Å². The van der Waals surface area contributed by atoms with Crippen molar-refractivity contribution in [1.29, 1.82) is 0 Å². The minimum absolute atomic E-state index is 0.257. The van der Waals surface area contributed by atoms with Crippen LogP contribution in [0.3, 0.4) is 0 Å². The Labute approximate surface area is 140 Å². The van der Waals surface area contributed by atoms with Gasteiger partial charge >= 0.3 is 6.09 Å². The molecule has 1 fully saturated rings. The van der Waals surface area contributed by atoms with Gasteiger partial charge in [0.05, 0.1) is 5.69 Å². The number of amides is 1. The highest BCUT2D eigenvalue weighted by molar-refractivity contribution is 7.09. The molecule has 0 N–H and O–H groups in total. The molecule has 1 amide bonds. The van der Waals surface area contributed by atoms with Crippen molar-refractivity contribution in [3.8, 4) is 0 Å². The standard InChI is InChI=1S/C16H25N3O3S/c1-16(2,3)22-15(21)19-8-6-11(7-9-19)13-12(10-20)18(5)14(17-4)23-13/h10-11H,6-9H2,1-5H3. The number of hydrogen-bond donors (Lipinski definition) is 0. The second-order valence-electron chi connectivity index (χ2n) is 6.78. The van der Waals surface area contributed by atoms with Crippen LogP contribution in [0.1, 0.15) is 54.9 Å². The normalized spacial score (nSPS) is 17.4. The molecule has 1 saturated heterocycles. The van der Waals surface area contributed by atoms with E-state index in [1.807, 2.05) is 32.4 Å². The van der Waals surface area contributed by atoms with Crippen molar-refractivity contribution in [2.75, 3.05) is 20.1 Å². The molecule has 6 nitrogen and oxygen atoms in total. The number of ether oxygens (including phenoxy) is 1. The molecule has 7 heteroatoms. The molecule has 1 aliphatic rings. The van der Waals surface area contributed by atoms with Crippen LogP contribution in [0, 0.1) is 0 Å². The average Bonchev–Trinajstić information content (AvgIpc) is 2.81. The molecule has 0 radical (unpaired) electrons. The third-order valence-electron chi connectivity index (χ3n) is 3.92. The molecular formula is C16H25N3O3S. The number of carbonyl (C=O) groups is 2. The maximum Gasteiger partial charge on any atom is 0.410 e. The minimum Gasteiger partial charge on any atom is -0.444 e. The first-order chi connectivity index (χ1) is 10.8. The number of likely N-dealkylation sites (tertiary alicyclic amines) is 1. The van der Waals surface area contributed by atoms with E-state index < -0.39 is 5.60 Å². The summed E-state index contributed by atoms with van der Waals surface area (Å²) in [5.41, 5.74) is 0.226. The van der Waals surface area contributed by atoms with Gasteiger partial charge in [0, 0.05) is 32.1 Å². The lowest BCUT2D eigenvalue weighted by Crippen LogP contribution is -2.41. The molecule has 1 aromatic heterocycles. The molecule has 0 bridgehead atoms. The van der Waals surface area contributed by atoms with E-state index in [0.717, 1.165) is 28.8 Å². The quantitative estimate of drug-likeness (QED) is 0.778. The highest BCUT2D eigenvalue weighted by Gasteiger charge is 2.29. The Hall–Kier alpha value is -1.63. The van der Waals surface area contributed by atoms with Gasteiger partial charge in [-0.3, -0.25) is 9.79 Å². The molecule has 23 heavy (non-hydrogen) atoms. The smallest absolute Gasteiger partial charge is 0.410 e. The van der Waals surface area contributed by atoms with Crippen LogP contribution < -0.4 is 4.80 Å². The van der Waals surface area contributed by atoms with E-state index in [9.17, 15) is 9.59 Å². The summed E-state index contributed by atoms with van der Waals surface area (Å²) in [6.45, 7) is 6.91. The number of aldehydes is 1. The zero-order valence-corrected chi connectivity index (χ0v) is 15.3. The van der Waals surface area contributed by atoms with Gasteiger partial charge in [0.1, 0.15) is 5.60 Å². The van der Waals surface area contributed by atoms with E-state index in [1.54, 1.807) is 23.3 Å². The average molecular weight is 339 g/mol. The van der Waals surface area contributed by atoms with Gasteiger partial charge in [-0.25, -0.2) is 4.79 Å². The number of rotatable bonds is 2. The lowest BCUT2D eigenvalue weighted by molar-refractivity contribution is 0.0205. The van der Waals surface area contributed by atoms with E-state index >= 15 is 0 Å². The molecule has 2 heterocycles. The Morgan fingerprint density at radius 1 is 1.35 bits per heavy atom. The highest BCUT2D eigenvalue weighted by Crippen LogP contribution is 2.32. The van der Waals surface area contributed by atoms with E-state index in [0.29, 0.717) is 24.7 Å². The Morgan fingerprint density at radius 2 is 1.96 bits per heavy atom. The predicted octanol–water partition coefficient (Wildman–Crippen LogP) is 2.54. The lowest BCUT2D eigenvalue weighted by Gasteiger charge is -2.33. The van der Waals surface area contributed by atoms with Crippen LogP contribution in [0.15, 0.2) is 4.99 Å². The van der Waals surface area contributed by atoms with Crippen molar-refractivity contribution in [2.24, 2.45) is 12.0 Å². The molecule has 1 aromatic rings. The summed E-state index contributed by atoms with van der Waals surface area (Å²) in [5.74, 6) is 0.292. The zero-order chi connectivity index (χ0) is 17.2. The molecule has 0 spiro atoms. The van der Waals surface area contributed by atoms with Crippen LogP contribution in [0.5, 0.6) is 0 Å². The first kappa shape index (κ1) is 17.7. The van der Waals surface area contributed by atoms with Gasteiger partial charge in [-0.15, -0.1) is 11.3 Å². The minimum atomic E-state index is -0.475. The molecular weight excluding hydrogens is 314 g/mol. The summed E-state index contributed by atoms with van der Waals surface area (Å²) >= 11 is 1.57. The molecule has 0 aliphatic carbocycles. The second kappa shape index (κ2) is 6.86. The topological polar surface area (TPSA) is 63.9 Å². The van der Waals surface area contributed by atoms with Crippen molar-refractivity contribution in [3.05, 3.63) is 15.4 Å². The molecule has 128 valence electrons. The lowest BCUT2D eigenvalue weighted by atomic mass is 9.94. The highest BCUT2D eigenvalue weighted by atomic mass is 32.1. The van der Waals surface area contributed by atoms with E-state index in [4.69, 9.17) is 4.74 Å². The number of piperidine rings is 1. The van der Waals surface area contributed by atoms with Crippen molar-refractivity contribution >= 4 is 23.7 Å². The van der Waals surface area contributed by atoms with Crippen molar-refractivity contribution < 1.29 is 14.3 Å². The van der Waals surface area contributed by atoms with Crippen LogP contribution in [0.25, 0.3) is 0 Å². The van der Waals surface area contributed by atoms with Crippen LogP contribution in [-0.2, 0) is 11.8 Å². The van der Waals surface area contributed by atoms with Gasteiger partial charge in [0.15, 0.2) is 11.1 Å². The maximum atomic E-state index is 12.1. The molecule has 0 saturated carbocycles. The van der Waals surface area contributed by atoms with Gasteiger partial charge in [-0.2, -0.15) is 0 Å². The number of carbonyl (C=O) groups excluding carboxylic acids is 2. The maximum absolute atomic E-state index is 12.1. The number of hydrogen-bond acceptors (Lipinski definition) is 5. The molecule has 2 rings (SSSR count). The second-order valence-corrected chi connectivity index (χ2v) is 7.79. The fraction of sp³-hybridized carbons (Fsp3) is 0.688. The Morgan fingerprint density at radius 3 is 2.43 bits per heavy atom. The monoisotopic (exact) mass is 339 g/mol. The summed E-state index contributed by atoms with van der Waals surface area (Å²) in [5, 5.41) is 0. The SMILES string of the molecule is CN=c1sc(C2CCN(C(=O)OC(C)(C)C)CC2)c(C=O)n1C. The van der Waals surface area contributed by atoms with Crippen molar-refractivity contribution in [2.45, 2.75) is 45.1 Å². The summed E-state index contributed by atoms with van der Waals surface area (Å²) in [6.07, 6.45) is 2.32. The molecule has 0 aromatic carbocycles. The van der Waals surface area contributed by atoms with Crippen LogP contribution in [0.4, 0.5) is 4.79 Å². The summed E-state index contributed by atoms with van der Waals surface area (Å²) in [4.78, 5) is 31.4. The summed E-state index contributed by atoms with van der Waals surface area (Å²) in [6, 6.07) is 0. The predicted molar refractivity (Wildman–Crippen MR) is 89.9 cm³/mol. The molecule has 0 atom stereocenters. The number of thiazole rings is 1. The first-order valence-electron chi connectivity index (χ1n) is 7.82.